The number of Topliss-reactive ketones (excluding diaryl/α,β-unsaturated/α-hetero) is 1. The van der Waals surface area contributed by atoms with Gasteiger partial charge in [-0.3, -0.25) is 9.59 Å². The lowest BCUT2D eigenvalue weighted by molar-refractivity contribution is -0.208. The van der Waals surface area contributed by atoms with Crippen LogP contribution in [0.2, 0.25) is 0 Å². The summed E-state index contributed by atoms with van der Waals surface area (Å²) in [7, 11) is 0. The lowest BCUT2D eigenvalue weighted by Crippen LogP contribution is -2.66. The molecule has 3 N–H and O–H groups in total. The van der Waals surface area contributed by atoms with Crippen LogP contribution in [0, 0.1) is 34.0 Å². The number of aliphatic hydroxyl groups is 3. The van der Waals surface area contributed by atoms with Gasteiger partial charge in [0, 0.05) is 16.2 Å². The molecule has 0 amide bonds. The van der Waals surface area contributed by atoms with E-state index in [9.17, 15) is 24.9 Å². The van der Waals surface area contributed by atoms with Gasteiger partial charge >= 0.3 is 0 Å². The third-order valence-corrected chi connectivity index (χ3v) is 9.42. The summed E-state index contributed by atoms with van der Waals surface area (Å²) in [5.74, 6) is -0.691. The summed E-state index contributed by atoms with van der Waals surface area (Å²) in [6, 6.07) is 0. The van der Waals surface area contributed by atoms with Crippen molar-refractivity contribution < 1.29 is 24.9 Å². The summed E-state index contributed by atoms with van der Waals surface area (Å²) in [6.07, 6.45) is 8.33. The smallest absolute Gasteiger partial charge is 0.190 e. The Kier molecular flexibility index (Phi) is 8.89. The molecule has 3 fully saturated rings. The Hall–Kier alpha value is -1.30. The zero-order valence-electron chi connectivity index (χ0n) is 20.3. The summed E-state index contributed by atoms with van der Waals surface area (Å²) in [5.41, 5.74) is -2.41. The fourth-order valence-electron chi connectivity index (χ4n) is 7.67. The Morgan fingerprint density at radius 1 is 1.19 bits per heavy atom. The largest absolute Gasteiger partial charge is 0.392 e. The number of aliphatic hydroxyl groups excluding tert-OH is 2. The number of aldehydes is 1. The predicted molar refractivity (Wildman–Crippen MR) is 129 cm³/mol. The molecule has 0 aromatic carbocycles. The van der Waals surface area contributed by atoms with Crippen molar-refractivity contribution in [3.05, 3.63) is 23.8 Å². The molecule has 32 heavy (non-hydrogen) atoms. The van der Waals surface area contributed by atoms with Gasteiger partial charge in [0.15, 0.2) is 5.78 Å². The topological polar surface area (TPSA) is 94.8 Å². The first kappa shape index (κ1) is 28.7. The molecule has 8 atom stereocenters. The molecule has 0 radical (unpaired) electrons. The average Bonchev–Trinajstić information content (AvgIpc) is 2.94. The molecule has 0 aliphatic heterocycles. The van der Waals surface area contributed by atoms with Gasteiger partial charge in [0.05, 0.1) is 6.10 Å². The second-order valence-corrected chi connectivity index (χ2v) is 10.2. The number of hydrogen-bond donors (Lipinski definition) is 3. The summed E-state index contributed by atoms with van der Waals surface area (Å²) in [6.45, 7) is 13.3. The van der Waals surface area contributed by atoms with Gasteiger partial charge in [-0.2, -0.15) is 0 Å². The van der Waals surface area contributed by atoms with E-state index in [1.807, 2.05) is 40.7 Å². The van der Waals surface area contributed by atoms with Crippen molar-refractivity contribution in [1.29, 1.82) is 0 Å². The van der Waals surface area contributed by atoms with Crippen molar-refractivity contribution >= 4 is 12.1 Å². The molecule has 3 rings (SSSR count). The van der Waals surface area contributed by atoms with Crippen LogP contribution in [-0.4, -0.2) is 45.7 Å². The maximum absolute atomic E-state index is 12.7. The van der Waals surface area contributed by atoms with Gasteiger partial charge in [-0.05, 0) is 56.4 Å². The molecule has 0 heterocycles. The molecule has 0 saturated heterocycles. The molecule has 0 spiro atoms. The molecule has 5 nitrogen and oxygen atoms in total. The third kappa shape index (κ3) is 3.47. The van der Waals surface area contributed by atoms with E-state index >= 15 is 0 Å². The number of allylic oxidation sites excluding steroid dienone is 4. The molecule has 0 aromatic heterocycles. The van der Waals surface area contributed by atoms with E-state index < -0.39 is 40.3 Å². The van der Waals surface area contributed by atoms with Crippen molar-refractivity contribution in [3.63, 3.8) is 0 Å². The Balaban J connectivity index is 0.00000166. The minimum absolute atomic E-state index is 0. The molecule has 3 saturated carbocycles. The molecule has 0 bridgehead atoms. The Labute approximate surface area is 195 Å². The zero-order valence-corrected chi connectivity index (χ0v) is 20.3. The van der Waals surface area contributed by atoms with Crippen LogP contribution in [0.4, 0.5) is 0 Å². The van der Waals surface area contributed by atoms with E-state index in [-0.39, 0.29) is 25.2 Å². The first-order valence-electron chi connectivity index (χ1n) is 11.8. The number of carbonyl (C=O) groups excluding carboxylic acids is 2. The van der Waals surface area contributed by atoms with Gasteiger partial charge in [-0.25, -0.2) is 0 Å². The van der Waals surface area contributed by atoms with Gasteiger partial charge in [0.1, 0.15) is 18.5 Å². The lowest BCUT2D eigenvalue weighted by atomic mass is 9.40. The molecule has 3 aliphatic carbocycles. The van der Waals surface area contributed by atoms with E-state index in [0.29, 0.717) is 12.8 Å². The standard InChI is InChI=1S/C24H36O5.C2H6.CH4/c1-6-10-21(3)16(9-11-25)7-8-17-18-12-15(2)24(29,20(28)14-26)22(18,4)13-19(27)23(17,21)5;1-2;/h6,9-11,15,17-19,26-27,29H,7-8,12-14H2,1-5H3;1-2H3;1H4/b10-6-,16-9-;;/t15?,17?,18?,19?,21?,22?,23?,24-;;/m0../s1. The number of rotatable bonds is 4. The summed E-state index contributed by atoms with van der Waals surface area (Å²) >= 11 is 0. The van der Waals surface area contributed by atoms with Gasteiger partial charge in [0.2, 0.25) is 0 Å². The summed E-state index contributed by atoms with van der Waals surface area (Å²) in [4.78, 5) is 24.0. The maximum Gasteiger partial charge on any atom is 0.190 e. The van der Waals surface area contributed by atoms with E-state index in [1.54, 1.807) is 6.08 Å². The molecule has 7 unspecified atom stereocenters. The van der Waals surface area contributed by atoms with Gasteiger partial charge in [-0.1, -0.05) is 66.7 Å². The third-order valence-electron chi connectivity index (χ3n) is 9.42. The normalized spacial score (nSPS) is 46.5. The van der Waals surface area contributed by atoms with E-state index in [0.717, 1.165) is 24.7 Å². The number of fused-ring (bicyclic) bond motifs is 3. The van der Waals surface area contributed by atoms with Crippen LogP contribution in [-0.2, 0) is 9.59 Å². The van der Waals surface area contributed by atoms with Crippen LogP contribution < -0.4 is 0 Å². The zero-order chi connectivity index (χ0) is 23.8. The Morgan fingerprint density at radius 2 is 1.78 bits per heavy atom. The number of hydrogen-bond acceptors (Lipinski definition) is 5. The fraction of sp³-hybridized carbons (Fsp3) is 0.778. The van der Waals surface area contributed by atoms with Crippen molar-refractivity contribution in [2.45, 2.75) is 93.3 Å². The molecular weight excluding hydrogens is 404 g/mol. The van der Waals surface area contributed by atoms with E-state index in [2.05, 4.69) is 19.9 Å². The molecular formula is C27H46O5. The monoisotopic (exact) mass is 450 g/mol. The van der Waals surface area contributed by atoms with Crippen LogP contribution in [0.3, 0.4) is 0 Å². The Bertz CT molecular complexity index is 757. The average molecular weight is 451 g/mol. The van der Waals surface area contributed by atoms with Gasteiger partial charge in [0.25, 0.3) is 0 Å². The highest BCUT2D eigenvalue weighted by Gasteiger charge is 2.73. The van der Waals surface area contributed by atoms with Crippen molar-refractivity contribution in [3.8, 4) is 0 Å². The highest BCUT2D eigenvalue weighted by molar-refractivity contribution is 5.90. The van der Waals surface area contributed by atoms with Crippen molar-refractivity contribution in [2.75, 3.05) is 6.61 Å². The first-order chi connectivity index (χ1) is 14.5. The molecule has 5 heteroatoms. The maximum atomic E-state index is 12.7. The first-order valence-corrected chi connectivity index (χ1v) is 11.8. The summed E-state index contributed by atoms with van der Waals surface area (Å²) < 4.78 is 0. The van der Waals surface area contributed by atoms with Gasteiger partial charge < -0.3 is 15.3 Å². The van der Waals surface area contributed by atoms with E-state index in [4.69, 9.17) is 0 Å². The quantitative estimate of drug-likeness (QED) is 0.333. The lowest BCUT2D eigenvalue weighted by Gasteiger charge is -2.65. The Morgan fingerprint density at radius 3 is 2.28 bits per heavy atom. The van der Waals surface area contributed by atoms with Crippen LogP contribution in [0.1, 0.15) is 81.6 Å². The highest BCUT2D eigenvalue weighted by atomic mass is 16.3. The molecule has 3 aliphatic rings. The van der Waals surface area contributed by atoms with Crippen LogP contribution in [0.5, 0.6) is 0 Å². The second kappa shape index (κ2) is 9.90. The molecule has 0 aromatic rings. The number of ketones is 1. The number of carbonyl (C=O) groups is 2. The van der Waals surface area contributed by atoms with Crippen molar-refractivity contribution in [1.82, 2.24) is 0 Å². The van der Waals surface area contributed by atoms with Crippen molar-refractivity contribution in [2.24, 2.45) is 34.0 Å². The minimum Gasteiger partial charge on any atom is -0.392 e. The van der Waals surface area contributed by atoms with Gasteiger partial charge in [-0.15, -0.1) is 0 Å². The summed E-state index contributed by atoms with van der Waals surface area (Å²) in [5, 5.41) is 32.7. The minimum atomic E-state index is -1.63. The SMILES string of the molecule is C.C/C=C\C1(C)/C(=C\C=O)CCC2C3CC(C)[C@](O)(C(=O)CO)C3(C)CC(O)C21C.CC. The fourth-order valence-corrected chi connectivity index (χ4v) is 7.67. The second-order valence-electron chi connectivity index (χ2n) is 10.2. The highest BCUT2D eigenvalue weighted by Crippen LogP contribution is 2.72. The molecule has 184 valence electrons. The van der Waals surface area contributed by atoms with Crippen LogP contribution in [0.25, 0.3) is 0 Å². The van der Waals surface area contributed by atoms with Crippen LogP contribution in [0.15, 0.2) is 23.8 Å². The predicted octanol–water partition coefficient (Wildman–Crippen LogP) is 4.49. The van der Waals surface area contributed by atoms with Crippen LogP contribution >= 0.6 is 0 Å². The van der Waals surface area contributed by atoms with E-state index in [1.165, 1.54) is 0 Å².